The third-order valence-electron chi connectivity index (χ3n) is 4.83. The summed E-state index contributed by atoms with van der Waals surface area (Å²) in [5.74, 6) is -0.835. The Bertz CT molecular complexity index is 1290. The number of aromatic nitrogens is 3. The van der Waals surface area contributed by atoms with Crippen molar-refractivity contribution in [2.45, 2.75) is 20.4 Å². The van der Waals surface area contributed by atoms with Crippen LogP contribution in [0.5, 0.6) is 0 Å². The second-order valence-electron chi connectivity index (χ2n) is 6.88. The Kier molecular flexibility index (Phi) is 4.72. The lowest BCUT2D eigenvalue weighted by Crippen LogP contribution is -2.27. The Morgan fingerprint density at radius 1 is 1.07 bits per heavy atom. The average molecular weight is 390 g/mol. The highest BCUT2D eigenvalue weighted by Crippen LogP contribution is 2.17. The zero-order chi connectivity index (χ0) is 20.5. The first kappa shape index (κ1) is 18.6. The zero-order valence-electron chi connectivity index (χ0n) is 16.0. The van der Waals surface area contributed by atoms with Crippen molar-refractivity contribution >= 4 is 22.6 Å². The molecule has 6 nitrogen and oxygen atoms in total. The van der Waals surface area contributed by atoms with Gasteiger partial charge in [-0.1, -0.05) is 12.1 Å². The smallest absolute Gasteiger partial charge is 0.280 e. The fraction of sp³-hybridized carbons (Fsp3) is 0.136. The summed E-state index contributed by atoms with van der Waals surface area (Å²) in [6, 6.07) is 14.7. The van der Waals surface area contributed by atoms with Crippen LogP contribution in [0.25, 0.3) is 16.7 Å². The number of anilines is 1. The summed E-state index contributed by atoms with van der Waals surface area (Å²) >= 11 is 0. The predicted molar refractivity (Wildman–Crippen MR) is 110 cm³/mol. The van der Waals surface area contributed by atoms with Gasteiger partial charge in [-0.2, -0.15) is 0 Å². The summed E-state index contributed by atoms with van der Waals surface area (Å²) < 4.78 is 16.4. The first-order valence-electron chi connectivity index (χ1n) is 9.13. The highest BCUT2D eigenvalue weighted by molar-refractivity contribution is 5.91. The monoisotopic (exact) mass is 390 g/mol. The van der Waals surface area contributed by atoms with Crippen LogP contribution in [0.1, 0.15) is 11.1 Å². The molecule has 0 radical (unpaired) electrons. The van der Waals surface area contributed by atoms with Crippen LogP contribution in [0.2, 0.25) is 0 Å². The fourth-order valence-electron chi connectivity index (χ4n) is 3.25. The number of nitrogens with zero attached hydrogens (tertiary/aromatic N) is 3. The van der Waals surface area contributed by atoms with Gasteiger partial charge in [-0.25, -0.2) is 14.1 Å². The van der Waals surface area contributed by atoms with E-state index in [-0.39, 0.29) is 12.1 Å². The topological polar surface area (TPSA) is 68.9 Å². The van der Waals surface area contributed by atoms with E-state index >= 15 is 0 Å². The summed E-state index contributed by atoms with van der Waals surface area (Å²) in [6.07, 6.45) is 1.58. The molecule has 0 aliphatic carbocycles. The molecular formula is C22H19FN4O2. The molecule has 0 aliphatic rings. The van der Waals surface area contributed by atoms with Crippen molar-refractivity contribution in [3.63, 3.8) is 0 Å². The molecule has 146 valence electrons. The van der Waals surface area contributed by atoms with Crippen molar-refractivity contribution in [3.05, 3.63) is 88.1 Å². The maximum Gasteiger partial charge on any atom is 0.280 e. The molecule has 1 amide bonds. The fourth-order valence-corrected chi connectivity index (χ4v) is 3.25. The third kappa shape index (κ3) is 3.54. The molecule has 0 bridgehead atoms. The minimum absolute atomic E-state index is 0.154. The van der Waals surface area contributed by atoms with E-state index in [2.05, 4.69) is 10.3 Å². The van der Waals surface area contributed by atoms with Crippen molar-refractivity contribution in [1.29, 1.82) is 0 Å². The summed E-state index contributed by atoms with van der Waals surface area (Å²) in [5.41, 5.74) is 3.28. The van der Waals surface area contributed by atoms with E-state index in [1.807, 2.05) is 32.0 Å². The molecule has 0 fully saturated rings. The van der Waals surface area contributed by atoms with Crippen LogP contribution < -0.4 is 10.9 Å². The second kappa shape index (κ2) is 7.35. The summed E-state index contributed by atoms with van der Waals surface area (Å²) in [5, 5.41) is 3.08. The van der Waals surface area contributed by atoms with E-state index in [0.717, 1.165) is 11.1 Å². The number of pyridine rings is 1. The van der Waals surface area contributed by atoms with Crippen molar-refractivity contribution in [1.82, 2.24) is 14.3 Å². The number of nitrogens with one attached hydrogen (secondary N) is 1. The third-order valence-corrected chi connectivity index (χ3v) is 4.83. The van der Waals surface area contributed by atoms with Gasteiger partial charge in [0.1, 0.15) is 12.4 Å². The molecule has 2 aromatic carbocycles. The van der Waals surface area contributed by atoms with Gasteiger partial charge < -0.3 is 5.32 Å². The number of hydrogen-bond acceptors (Lipinski definition) is 3. The summed E-state index contributed by atoms with van der Waals surface area (Å²) in [6.45, 7) is 3.80. The van der Waals surface area contributed by atoms with Gasteiger partial charge in [-0.05, 0) is 67.4 Å². The van der Waals surface area contributed by atoms with E-state index < -0.39 is 11.7 Å². The standard InChI is InChI=1S/C22H19FN4O2/c1-14-8-9-18(11-15(14)2)27-22(29)19-7-4-10-24-21(19)26(27)13-20(28)25-17-6-3-5-16(23)12-17/h3-12H,13H2,1-2H3,(H,25,28). The van der Waals surface area contributed by atoms with E-state index in [4.69, 9.17) is 0 Å². The maximum atomic E-state index is 13.4. The molecule has 0 spiro atoms. The Morgan fingerprint density at radius 2 is 1.90 bits per heavy atom. The first-order valence-corrected chi connectivity index (χ1v) is 9.13. The van der Waals surface area contributed by atoms with Gasteiger partial charge in [-0.15, -0.1) is 0 Å². The van der Waals surface area contributed by atoms with Crippen LogP contribution >= 0.6 is 0 Å². The van der Waals surface area contributed by atoms with Gasteiger partial charge in [0.2, 0.25) is 5.91 Å². The Labute approximate surface area is 166 Å². The average Bonchev–Trinajstić information content (AvgIpc) is 2.96. The number of amides is 1. The van der Waals surface area contributed by atoms with E-state index in [1.165, 1.54) is 27.6 Å². The number of benzene rings is 2. The Balaban J connectivity index is 1.79. The molecule has 4 rings (SSSR count). The van der Waals surface area contributed by atoms with Crippen molar-refractivity contribution in [2.75, 3.05) is 5.32 Å². The SMILES string of the molecule is Cc1ccc(-n2c(=O)c3cccnc3n2CC(=O)Nc2cccc(F)c2)cc1C. The Morgan fingerprint density at radius 3 is 2.66 bits per heavy atom. The molecule has 2 heterocycles. The molecule has 0 unspecified atom stereocenters. The van der Waals surface area contributed by atoms with Gasteiger partial charge in [0.15, 0.2) is 5.65 Å². The summed E-state index contributed by atoms with van der Waals surface area (Å²) in [4.78, 5) is 30.0. The molecule has 4 aromatic rings. The number of aryl methyl sites for hydroxylation is 2. The normalized spacial score (nSPS) is 11.0. The molecular weight excluding hydrogens is 371 g/mol. The molecule has 2 aromatic heterocycles. The lowest BCUT2D eigenvalue weighted by Gasteiger charge is -2.13. The van der Waals surface area contributed by atoms with Crippen LogP contribution in [0, 0.1) is 19.7 Å². The number of hydrogen-bond donors (Lipinski definition) is 1. The quantitative estimate of drug-likeness (QED) is 0.579. The van der Waals surface area contributed by atoms with Gasteiger partial charge in [0.25, 0.3) is 5.56 Å². The molecule has 0 saturated carbocycles. The highest BCUT2D eigenvalue weighted by atomic mass is 19.1. The van der Waals surface area contributed by atoms with E-state index in [1.54, 1.807) is 24.4 Å². The molecule has 29 heavy (non-hydrogen) atoms. The van der Waals surface area contributed by atoms with Crippen LogP contribution in [-0.2, 0) is 11.3 Å². The molecule has 0 saturated heterocycles. The highest BCUT2D eigenvalue weighted by Gasteiger charge is 2.18. The van der Waals surface area contributed by atoms with Crippen molar-refractivity contribution < 1.29 is 9.18 Å². The maximum absolute atomic E-state index is 13.4. The predicted octanol–water partition coefficient (Wildman–Crippen LogP) is 3.58. The van der Waals surface area contributed by atoms with E-state index in [0.29, 0.717) is 22.4 Å². The molecule has 0 aliphatic heterocycles. The van der Waals surface area contributed by atoms with Gasteiger partial charge >= 0.3 is 0 Å². The Hall–Kier alpha value is -3.74. The second-order valence-corrected chi connectivity index (χ2v) is 6.88. The number of carbonyl (C=O) groups excluding carboxylic acids is 1. The summed E-state index contributed by atoms with van der Waals surface area (Å²) in [7, 11) is 0. The minimum Gasteiger partial charge on any atom is -0.324 e. The van der Waals surface area contributed by atoms with Crippen molar-refractivity contribution in [2.24, 2.45) is 0 Å². The van der Waals surface area contributed by atoms with Crippen molar-refractivity contribution in [3.8, 4) is 5.69 Å². The van der Waals surface area contributed by atoms with Crippen LogP contribution in [0.15, 0.2) is 65.6 Å². The molecule has 0 atom stereocenters. The number of carbonyl (C=O) groups is 1. The lowest BCUT2D eigenvalue weighted by molar-refractivity contribution is -0.116. The molecule has 7 heteroatoms. The zero-order valence-corrected chi connectivity index (χ0v) is 16.0. The van der Waals surface area contributed by atoms with Gasteiger partial charge in [0.05, 0.1) is 11.1 Å². The van der Waals surface area contributed by atoms with Crippen LogP contribution in [-0.4, -0.2) is 20.3 Å². The van der Waals surface area contributed by atoms with E-state index in [9.17, 15) is 14.0 Å². The van der Waals surface area contributed by atoms with Crippen LogP contribution in [0.3, 0.4) is 0 Å². The first-order chi connectivity index (χ1) is 13.9. The van der Waals surface area contributed by atoms with Gasteiger partial charge in [-0.3, -0.25) is 14.3 Å². The lowest BCUT2D eigenvalue weighted by atomic mass is 10.1. The number of fused-ring (bicyclic) bond motifs is 1. The number of rotatable bonds is 4. The van der Waals surface area contributed by atoms with Gasteiger partial charge in [0, 0.05) is 11.9 Å². The minimum atomic E-state index is -0.442. The number of halogens is 1. The largest absolute Gasteiger partial charge is 0.324 e. The molecule has 1 N–H and O–H groups in total. The van der Waals surface area contributed by atoms with Crippen LogP contribution in [0.4, 0.5) is 10.1 Å².